The third-order valence-corrected chi connectivity index (χ3v) is 1.91. The van der Waals surface area contributed by atoms with E-state index < -0.39 is 18.1 Å². The van der Waals surface area contributed by atoms with E-state index in [1.165, 1.54) is 7.11 Å². The van der Waals surface area contributed by atoms with Gasteiger partial charge in [0.05, 0.1) is 13.0 Å². The molecule has 1 N–H and O–H groups in total. The highest BCUT2D eigenvalue weighted by Gasteiger charge is 2.31. The molecule has 1 heterocycles. The molecular weight excluding hydrogens is 185 g/mol. The predicted octanol–water partition coefficient (Wildman–Crippen LogP) is 0.529. The van der Waals surface area contributed by atoms with Crippen LogP contribution in [0.4, 0.5) is 4.39 Å². The van der Waals surface area contributed by atoms with Crippen molar-refractivity contribution in [2.75, 3.05) is 20.2 Å². The zero-order valence-corrected chi connectivity index (χ0v) is 7.70. The summed E-state index contributed by atoms with van der Waals surface area (Å²) in [5.41, 5.74) is 0. The molecule has 72 valence electrons. The van der Waals surface area contributed by atoms with E-state index in [2.05, 4.69) is 10.1 Å². The first-order valence-electron chi connectivity index (χ1n) is 3.68. The minimum atomic E-state index is -1.09. The first-order chi connectivity index (χ1) is 5.25. The molecule has 0 aromatic heterocycles. The monoisotopic (exact) mass is 197 g/mol. The van der Waals surface area contributed by atoms with Gasteiger partial charge in [-0.15, -0.1) is 12.4 Å². The molecule has 0 bridgehead atoms. The van der Waals surface area contributed by atoms with E-state index in [9.17, 15) is 9.18 Å². The first kappa shape index (κ1) is 11.6. The first-order valence-corrected chi connectivity index (χ1v) is 3.68. The largest absolute Gasteiger partial charge is 0.469 e. The number of carbonyl (C=O) groups excluding carboxylic acids is 1. The molecule has 0 aromatic carbocycles. The van der Waals surface area contributed by atoms with Crippen molar-refractivity contribution in [3.63, 3.8) is 0 Å². The van der Waals surface area contributed by atoms with E-state index in [4.69, 9.17) is 0 Å². The Kier molecular flexibility index (Phi) is 5.17. The molecule has 2 atom stereocenters. The lowest BCUT2D eigenvalue weighted by atomic mass is 9.97. The van der Waals surface area contributed by atoms with Gasteiger partial charge in [-0.05, 0) is 13.0 Å². The van der Waals surface area contributed by atoms with Crippen LogP contribution < -0.4 is 5.32 Å². The highest BCUT2D eigenvalue weighted by Crippen LogP contribution is 2.16. The molecule has 1 aliphatic heterocycles. The van der Waals surface area contributed by atoms with Crippen LogP contribution in [0.5, 0.6) is 0 Å². The van der Waals surface area contributed by atoms with E-state index >= 15 is 0 Å². The number of nitrogens with one attached hydrogen (secondary N) is 1. The molecule has 0 amide bonds. The number of esters is 1. The summed E-state index contributed by atoms with van der Waals surface area (Å²) in [4.78, 5) is 10.9. The van der Waals surface area contributed by atoms with Gasteiger partial charge in [-0.3, -0.25) is 4.79 Å². The molecule has 1 saturated heterocycles. The summed E-state index contributed by atoms with van der Waals surface area (Å²) < 4.78 is 17.4. The van der Waals surface area contributed by atoms with Gasteiger partial charge in [0, 0.05) is 6.54 Å². The summed E-state index contributed by atoms with van der Waals surface area (Å²) in [6.07, 6.45) is -0.551. The number of ether oxygens (including phenoxy) is 1. The van der Waals surface area contributed by atoms with Gasteiger partial charge >= 0.3 is 5.97 Å². The molecule has 0 radical (unpaired) electrons. The molecule has 0 aliphatic carbocycles. The summed E-state index contributed by atoms with van der Waals surface area (Å²) in [7, 11) is 1.29. The molecule has 1 aliphatic rings. The number of hydrogen-bond acceptors (Lipinski definition) is 3. The van der Waals surface area contributed by atoms with Crippen molar-refractivity contribution in [2.24, 2.45) is 5.92 Å². The van der Waals surface area contributed by atoms with Crippen molar-refractivity contribution in [2.45, 2.75) is 12.6 Å². The maximum absolute atomic E-state index is 12.9. The van der Waals surface area contributed by atoms with Crippen molar-refractivity contribution >= 4 is 18.4 Å². The lowest BCUT2D eigenvalue weighted by Gasteiger charge is -2.24. The van der Waals surface area contributed by atoms with Crippen LogP contribution in [0.15, 0.2) is 0 Å². The molecule has 5 heteroatoms. The van der Waals surface area contributed by atoms with Crippen LogP contribution in [0, 0.1) is 5.92 Å². The van der Waals surface area contributed by atoms with Crippen LogP contribution >= 0.6 is 12.4 Å². The van der Waals surface area contributed by atoms with Crippen LogP contribution in [-0.2, 0) is 9.53 Å². The molecular formula is C7H13ClFNO2. The Balaban J connectivity index is 0.00000121. The summed E-state index contributed by atoms with van der Waals surface area (Å²) in [6.45, 7) is 0.958. The minimum Gasteiger partial charge on any atom is -0.469 e. The fourth-order valence-electron chi connectivity index (χ4n) is 1.24. The molecule has 0 aromatic rings. The Morgan fingerprint density at radius 2 is 2.33 bits per heavy atom. The van der Waals surface area contributed by atoms with E-state index in [-0.39, 0.29) is 19.0 Å². The number of methoxy groups -OCH3 is 1. The Morgan fingerprint density at radius 1 is 1.67 bits per heavy atom. The zero-order chi connectivity index (χ0) is 8.27. The van der Waals surface area contributed by atoms with Crippen molar-refractivity contribution in [1.29, 1.82) is 0 Å². The molecule has 0 spiro atoms. The highest BCUT2D eigenvalue weighted by atomic mass is 35.5. The van der Waals surface area contributed by atoms with Gasteiger partial charge < -0.3 is 10.1 Å². The smallest absolute Gasteiger partial charge is 0.311 e. The van der Waals surface area contributed by atoms with E-state index in [0.29, 0.717) is 13.0 Å². The van der Waals surface area contributed by atoms with Crippen molar-refractivity contribution in [3.8, 4) is 0 Å². The van der Waals surface area contributed by atoms with Crippen molar-refractivity contribution in [3.05, 3.63) is 0 Å². The van der Waals surface area contributed by atoms with Crippen molar-refractivity contribution < 1.29 is 13.9 Å². The summed E-state index contributed by atoms with van der Waals surface area (Å²) >= 11 is 0. The fourth-order valence-corrected chi connectivity index (χ4v) is 1.24. The van der Waals surface area contributed by atoms with Gasteiger partial charge in [0.25, 0.3) is 0 Å². The Hall–Kier alpha value is -0.350. The summed E-state index contributed by atoms with van der Waals surface area (Å²) in [5, 5.41) is 2.86. The van der Waals surface area contributed by atoms with E-state index in [0.717, 1.165) is 0 Å². The lowest BCUT2D eigenvalue weighted by Crippen LogP contribution is -2.42. The maximum Gasteiger partial charge on any atom is 0.311 e. The van der Waals surface area contributed by atoms with Gasteiger partial charge in [0.1, 0.15) is 6.17 Å². The van der Waals surface area contributed by atoms with Gasteiger partial charge in [-0.25, -0.2) is 4.39 Å². The van der Waals surface area contributed by atoms with E-state index in [1.54, 1.807) is 0 Å². The van der Waals surface area contributed by atoms with Crippen LogP contribution in [0.2, 0.25) is 0 Å². The Morgan fingerprint density at radius 3 is 2.83 bits per heavy atom. The normalized spacial score (nSPS) is 28.8. The van der Waals surface area contributed by atoms with Crippen LogP contribution in [0.1, 0.15) is 6.42 Å². The standard InChI is InChI=1S/C7H12FNO2.ClH/c1-11-7(10)5-2-3-9-4-6(5)8;/h5-6,9H,2-4H2,1H3;1H. The molecule has 3 nitrogen and oxygen atoms in total. The number of halogens is 2. The van der Waals surface area contributed by atoms with Gasteiger partial charge in [-0.2, -0.15) is 0 Å². The molecule has 1 fully saturated rings. The van der Waals surface area contributed by atoms with Crippen LogP contribution in [-0.4, -0.2) is 32.3 Å². The van der Waals surface area contributed by atoms with Gasteiger partial charge in [0.15, 0.2) is 0 Å². The van der Waals surface area contributed by atoms with Gasteiger partial charge in [-0.1, -0.05) is 0 Å². The van der Waals surface area contributed by atoms with Crippen LogP contribution in [0.3, 0.4) is 0 Å². The fraction of sp³-hybridized carbons (Fsp3) is 0.857. The number of carbonyl (C=O) groups is 1. The van der Waals surface area contributed by atoms with Crippen molar-refractivity contribution in [1.82, 2.24) is 5.32 Å². The third-order valence-electron chi connectivity index (χ3n) is 1.91. The Bertz CT molecular complexity index is 156. The number of alkyl halides is 1. The average Bonchev–Trinajstić information content (AvgIpc) is 2.04. The second-order valence-corrected chi connectivity index (χ2v) is 2.64. The maximum atomic E-state index is 12.9. The summed E-state index contributed by atoms with van der Waals surface area (Å²) in [5.74, 6) is -0.986. The SMILES string of the molecule is COC(=O)C1CCNCC1F.Cl. The second kappa shape index (κ2) is 5.32. The quantitative estimate of drug-likeness (QED) is 0.624. The predicted molar refractivity (Wildman–Crippen MR) is 45.1 cm³/mol. The topological polar surface area (TPSA) is 38.3 Å². The highest BCUT2D eigenvalue weighted by molar-refractivity contribution is 5.85. The number of hydrogen-bond donors (Lipinski definition) is 1. The zero-order valence-electron chi connectivity index (χ0n) is 6.88. The second-order valence-electron chi connectivity index (χ2n) is 2.64. The molecule has 2 unspecified atom stereocenters. The van der Waals surface area contributed by atoms with Gasteiger partial charge in [0.2, 0.25) is 0 Å². The molecule has 0 saturated carbocycles. The number of rotatable bonds is 1. The van der Waals surface area contributed by atoms with Crippen LogP contribution in [0.25, 0.3) is 0 Å². The lowest BCUT2D eigenvalue weighted by molar-refractivity contribution is -0.148. The minimum absolute atomic E-state index is 0. The van der Waals surface area contributed by atoms with E-state index in [1.807, 2.05) is 0 Å². The average molecular weight is 198 g/mol. The molecule has 12 heavy (non-hydrogen) atoms. The third kappa shape index (κ3) is 2.60. The number of piperidine rings is 1. The molecule has 1 rings (SSSR count). The Labute approximate surface area is 77.1 Å². The summed E-state index contributed by atoms with van der Waals surface area (Å²) in [6, 6.07) is 0.